The number of carbonyl (C=O) groups excluding carboxylic acids is 1. The minimum atomic E-state index is -0.982. The zero-order valence-electron chi connectivity index (χ0n) is 11.2. The van der Waals surface area contributed by atoms with E-state index in [0.29, 0.717) is 11.4 Å². The molecule has 0 fully saturated rings. The zero-order valence-corrected chi connectivity index (χ0v) is 11.2. The van der Waals surface area contributed by atoms with Crippen LogP contribution in [0.25, 0.3) is 0 Å². The monoisotopic (exact) mass is 265 g/mol. The van der Waals surface area contributed by atoms with Crippen LogP contribution in [0.1, 0.15) is 33.1 Å². The third-order valence-corrected chi connectivity index (χ3v) is 2.60. The summed E-state index contributed by atoms with van der Waals surface area (Å²) in [5.41, 5.74) is 0.608. The minimum absolute atomic E-state index is 0.0359. The molecule has 2 N–H and O–H groups in total. The second-order valence-corrected chi connectivity index (χ2v) is 4.31. The first-order valence-electron chi connectivity index (χ1n) is 6.29. The van der Waals surface area contributed by atoms with Gasteiger partial charge in [-0.1, -0.05) is 13.0 Å². The number of amides is 1. The van der Waals surface area contributed by atoms with Gasteiger partial charge in [0.25, 0.3) is 0 Å². The van der Waals surface area contributed by atoms with Crippen molar-refractivity contribution >= 4 is 17.6 Å². The maximum absolute atomic E-state index is 11.5. The van der Waals surface area contributed by atoms with E-state index in [1.54, 1.807) is 18.2 Å². The van der Waals surface area contributed by atoms with Crippen molar-refractivity contribution in [3.05, 3.63) is 24.3 Å². The van der Waals surface area contributed by atoms with E-state index in [2.05, 4.69) is 5.32 Å². The lowest BCUT2D eigenvalue weighted by Gasteiger charge is -2.13. The SMILES string of the molecule is CC[C@@H](C)Oc1cccc(NC(=O)CCC(=O)O)c1. The molecule has 5 nitrogen and oxygen atoms in total. The largest absolute Gasteiger partial charge is 0.491 e. The Morgan fingerprint density at radius 3 is 2.74 bits per heavy atom. The van der Waals surface area contributed by atoms with Gasteiger partial charge in [-0.15, -0.1) is 0 Å². The first-order chi connectivity index (χ1) is 9.01. The number of hydrogen-bond donors (Lipinski definition) is 2. The Morgan fingerprint density at radius 1 is 1.37 bits per heavy atom. The van der Waals surface area contributed by atoms with E-state index in [1.807, 2.05) is 19.9 Å². The third-order valence-electron chi connectivity index (χ3n) is 2.60. The van der Waals surface area contributed by atoms with Crippen molar-refractivity contribution in [3.63, 3.8) is 0 Å². The summed E-state index contributed by atoms with van der Waals surface area (Å²) in [5.74, 6) is -0.613. The molecular weight excluding hydrogens is 246 g/mol. The van der Waals surface area contributed by atoms with E-state index in [9.17, 15) is 9.59 Å². The van der Waals surface area contributed by atoms with Gasteiger partial charge in [0.2, 0.25) is 5.91 Å². The molecule has 0 bridgehead atoms. The number of nitrogens with one attached hydrogen (secondary N) is 1. The summed E-state index contributed by atoms with van der Waals surface area (Å²) < 4.78 is 5.64. The van der Waals surface area contributed by atoms with Gasteiger partial charge in [0.1, 0.15) is 5.75 Å². The molecule has 0 aliphatic rings. The fourth-order valence-corrected chi connectivity index (χ4v) is 1.41. The van der Waals surface area contributed by atoms with Gasteiger partial charge in [-0.3, -0.25) is 9.59 Å². The van der Waals surface area contributed by atoms with Crippen molar-refractivity contribution in [1.29, 1.82) is 0 Å². The van der Waals surface area contributed by atoms with Crippen molar-refractivity contribution in [2.45, 2.75) is 39.2 Å². The van der Waals surface area contributed by atoms with Gasteiger partial charge in [0, 0.05) is 18.2 Å². The van der Waals surface area contributed by atoms with Crippen LogP contribution in [0.3, 0.4) is 0 Å². The topological polar surface area (TPSA) is 75.6 Å². The molecule has 0 saturated heterocycles. The van der Waals surface area contributed by atoms with Gasteiger partial charge in [-0.2, -0.15) is 0 Å². The van der Waals surface area contributed by atoms with Crippen LogP contribution >= 0.6 is 0 Å². The molecule has 0 saturated carbocycles. The fraction of sp³-hybridized carbons (Fsp3) is 0.429. The van der Waals surface area contributed by atoms with Crippen molar-refractivity contribution in [2.75, 3.05) is 5.32 Å². The molecule has 0 unspecified atom stereocenters. The van der Waals surface area contributed by atoms with Gasteiger partial charge >= 0.3 is 5.97 Å². The summed E-state index contributed by atoms with van der Waals surface area (Å²) >= 11 is 0. The predicted molar refractivity (Wildman–Crippen MR) is 72.3 cm³/mol. The van der Waals surface area contributed by atoms with Crippen LogP contribution in [0.15, 0.2) is 24.3 Å². The summed E-state index contributed by atoms with van der Waals surface area (Å²) in [6.45, 7) is 4.00. The smallest absolute Gasteiger partial charge is 0.303 e. The molecule has 0 aromatic heterocycles. The normalized spacial score (nSPS) is 11.7. The van der Waals surface area contributed by atoms with E-state index < -0.39 is 5.97 Å². The van der Waals surface area contributed by atoms with Gasteiger partial charge in [0.15, 0.2) is 0 Å². The number of anilines is 1. The Hall–Kier alpha value is -2.04. The Labute approximate surface area is 112 Å². The second-order valence-electron chi connectivity index (χ2n) is 4.31. The van der Waals surface area contributed by atoms with E-state index >= 15 is 0 Å². The lowest BCUT2D eigenvalue weighted by molar-refractivity contribution is -0.138. The first kappa shape index (κ1) is 15.0. The fourth-order valence-electron chi connectivity index (χ4n) is 1.41. The number of ether oxygens (including phenoxy) is 1. The number of carbonyl (C=O) groups is 2. The standard InChI is InChI=1S/C14H19NO4/c1-3-10(2)19-12-6-4-5-11(9-12)15-13(16)7-8-14(17)18/h4-6,9-10H,3,7-8H2,1-2H3,(H,15,16)(H,17,18)/t10-/m1/s1. The Kier molecular flexibility index (Phi) is 5.85. The number of aliphatic carboxylic acids is 1. The van der Waals surface area contributed by atoms with Crippen LogP contribution in [-0.4, -0.2) is 23.1 Å². The molecular formula is C14H19NO4. The molecule has 0 heterocycles. The Bertz CT molecular complexity index is 445. The molecule has 0 aliphatic heterocycles. The third kappa shape index (κ3) is 5.90. The summed E-state index contributed by atoms with van der Waals surface area (Å²) in [7, 11) is 0. The highest BCUT2D eigenvalue weighted by Crippen LogP contribution is 2.19. The Morgan fingerprint density at radius 2 is 2.11 bits per heavy atom. The van der Waals surface area contributed by atoms with E-state index in [0.717, 1.165) is 6.42 Å². The highest BCUT2D eigenvalue weighted by atomic mass is 16.5. The van der Waals surface area contributed by atoms with Gasteiger partial charge in [-0.05, 0) is 25.5 Å². The number of carboxylic acid groups (broad SMARTS) is 1. The maximum Gasteiger partial charge on any atom is 0.303 e. The van der Waals surface area contributed by atoms with Gasteiger partial charge in [0.05, 0.1) is 12.5 Å². The predicted octanol–water partition coefficient (Wildman–Crippen LogP) is 2.67. The molecule has 0 aliphatic carbocycles. The van der Waals surface area contributed by atoms with Crippen LogP contribution in [0, 0.1) is 0 Å². The van der Waals surface area contributed by atoms with Crippen LogP contribution in [-0.2, 0) is 9.59 Å². The van der Waals surface area contributed by atoms with Crippen LogP contribution in [0.5, 0.6) is 5.75 Å². The first-order valence-corrected chi connectivity index (χ1v) is 6.29. The van der Waals surface area contributed by atoms with Crippen molar-refractivity contribution in [2.24, 2.45) is 0 Å². The van der Waals surface area contributed by atoms with Crippen LogP contribution < -0.4 is 10.1 Å². The number of carboxylic acids is 1. The summed E-state index contributed by atoms with van der Waals surface area (Å²) in [4.78, 5) is 21.9. The molecule has 1 atom stereocenters. The average molecular weight is 265 g/mol. The molecule has 1 aromatic carbocycles. The Balaban J connectivity index is 2.56. The van der Waals surface area contributed by atoms with Crippen molar-refractivity contribution in [3.8, 4) is 5.75 Å². The van der Waals surface area contributed by atoms with Gasteiger partial charge in [-0.25, -0.2) is 0 Å². The van der Waals surface area contributed by atoms with E-state index in [1.165, 1.54) is 0 Å². The molecule has 1 aromatic rings. The zero-order chi connectivity index (χ0) is 14.3. The molecule has 0 spiro atoms. The van der Waals surface area contributed by atoms with Crippen LogP contribution in [0.4, 0.5) is 5.69 Å². The number of rotatable bonds is 7. The number of hydrogen-bond acceptors (Lipinski definition) is 3. The lowest BCUT2D eigenvalue weighted by Crippen LogP contribution is -2.14. The van der Waals surface area contributed by atoms with E-state index in [-0.39, 0.29) is 24.9 Å². The summed E-state index contributed by atoms with van der Waals surface area (Å²) in [5, 5.41) is 11.1. The second kappa shape index (κ2) is 7.41. The average Bonchev–Trinajstić information content (AvgIpc) is 2.36. The molecule has 0 radical (unpaired) electrons. The minimum Gasteiger partial charge on any atom is -0.491 e. The van der Waals surface area contributed by atoms with Gasteiger partial charge < -0.3 is 15.2 Å². The maximum atomic E-state index is 11.5. The molecule has 1 rings (SSSR count). The molecule has 5 heteroatoms. The highest BCUT2D eigenvalue weighted by Gasteiger charge is 2.07. The molecule has 1 amide bonds. The lowest BCUT2D eigenvalue weighted by atomic mass is 10.2. The molecule has 104 valence electrons. The summed E-state index contributed by atoms with van der Waals surface area (Å²) in [6, 6.07) is 7.07. The van der Waals surface area contributed by atoms with E-state index in [4.69, 9.17) is 9.84 Å². The van der Waals surface area contributed by atoms with Crippen molar-refractivity contribution in [1.82, 2.24) is 0 Å². The summed E-state index contributed by atoms with van der Waals surface area (Å²) in [6.07, 6.45) is 0.800. The quantitative estimate of drug-likeness (QED) is 0.794. The van der Waals surface area contributed by atoms with Crippen molar-refractivity contribution < 1.29 is 19.4 Å². The van der Waals surface area contributed by atoms with Crippen LogP contribution in [0.2, 0.25) is 0 Å². The highest BCUT2D eigenvalue weighted by molar-refractivity contribution is 5.92. The number of benzene rings is 1. The molecule has 19 heavy (non-hydrogen) atoms.